The summed E-state index contributed by atoms with van der Waals surface area (Å²) in [5, 5.41) is -0.0515. The molecule has 0 saturated heterocycles. The highest BCUT2D eigenvalue weighted by molar-refractivity contribution is 7.90. The summed E-state index contributed by atoms with van der Waals surface area (Å²) in [5.74, 6) is -0.604. The average molecular weight is 310 g/mol. The topological polar surface area (TPSA) is 80.2 Å². The van der Waals surface area contributed by atoms with E-state index in [1.54, 1.807) is 12.1 Å². The molecule has 2 aromatic heterocycles. The molecule has 0 N–H and O–H groups in total. The van der Waals surface area contributed by atoms with Gasteiger partial charge in [0, 0.05) is 18.0 Å². The van der Waals surface area contributed by atoms with Crippen molar-refractivity contribution in [2.45, 2.75) is 11.6 Å². The van der Waals surface area contributed by atoms with E-state index in [1.807, 2.05) is 0 Å². The molecule has 0 aliphatic carbocycles. The molecule has 0 bridgehead atoms. The van der Waals surface area contributed by atoms with Crippen molar-refractivity contribution in [2.75, 3.05) is 0 Å². The van der Waals surface area contributed by atoms with Crippen LogP contribution in [0.5, 0.6) is 0 Å². The minimum absolute atomic E-state index is 0.0764. The molecule has 0 atom stereocenters. The van der Waals surface area contributed by atoms with E-state index in [4.69, 9.17) is 11.6 Å². The Bertz CT molecular complexity index is 807. The number of carbonyl (C=O) groups is 1. The van der Waals surface area contributed by atoms with Gasteiger partial charge in [0.1, 0.15) is 5.15 Å². The Labute approximate surface area is 120 Å². The third kappa shape index (κ3) is 1.86. The van der Waals surface area contributed by atoms with E-state index in [0.29, 0.717) is 5.56 Å². The van der Waals surface area contributed by atoms with E-state index >= 15 is 0 Å². The number of aromatic nitrogens is 2. The maximum absolute atomic E-state index is 12.3. The fraction of sp³-hybridized carbons (Fsp3) is 0.0833. The fourth-order valence-corrected chi connectivity index (χ4v) is 3.60. The maximum Gasteiger partial charge on any atom is 0.285 e. The first-order valence-electron chi connectivity index (χ1n) is 5.63. The van der Waals surface area contributed by atoms with Crippen molar-refractivity contribution in [3.63, 3.8) is 0 Å². The molecule has 0 radical (unpaired) electrons. The van der Waals surface area contributed by atoms with Crippen LogP contribution in [0.25, 0.3) is 0 Å². The normalized spacial score (nSPS) is 16.2. The van der Waals surface area contributed by atoms with Crippen molar-refractivity contribution >= 4 is 27.5 Å². The number of rotatable bonds is 2. The highest BCUT2D eigenvalue weighted by Crippen LogP contribution is 2.30. The summed E-state index contributed by atoms with van der Waals surface area (Å²) in [6.07, 6.45) is 2.83. The molecule has 1 aliphatic heterocycles. The second-order valence-corrected chi connectivity index (χ2v) is 6.26. The molecule has 2 aromatic rings. The van der Waals surface area contributed by atoms with Crippen LogP contribution in [0.3, 0.4) is 0 Å². The van der Waals surface area contributed by atoms with Crippen LogP contribution in [0.1, 0.15) is 15.9 Å². The molecule has 8 heteroatoms. The molecule has 0 fully saturated rings. The van der Waals surface area contributed by atoms with E-state index in [2.05, 4.69) is 9.97 Å². The molecule has 3 heterocycles. The number of fused-ring (bicyclic) bond motifs is 1. The summed E-state index contributed by atoms with van der Waals surface area (Å²) >= 11 is 5.90. The summed E-state index contributed by atoms with van der Waals surface area (Å²) in [5.41, 5.74) is 0.534. The van der Waals surface area contributed by atoms with Gasteiger partial charge >= 0.3 is 0 Å². The smallest absolute Gasteiger partial charge is 0.268 e. The van der Waals surface area contributed by atoms with Crippen LogP contribution in [0.15, 0.2) is 41.7 Å². The van der Waals surface area contributed by atoms with Crippen molar-refractivity contribution < 1.29 is 13.2 Å². The van der Waals surface area contributed by atoms with Gasteiger partial charge in [0.05, 0.1) is 12.1 Å². The Kier molecular flexibility index (Phi) is 2.95. The first-order valence-corrected chi connectivity index (χ1v) is 7.45. The molecule has 0 saturated carbocycles. The van der Waals surface area contributed by atoms with Gasteiger partial charge in [-0.2, -0.15) is 8.42 Å². The number of hydrogen-bond acceptors (Lipinski definition) is 5. The van der Waals surface area contributed by atoms with Crippen molar-refractivity contribution in [2.24, 2.45) is 0 Å². The quantitative estimate of drug-likeness (QED) is 0.785. The summed E-state index contributed by atoms with van der Waals surface area (Å²) in [7, 11) is -3.92. The van der Waals surface area contributed by atoms with Crippen molar-refractivity contribution in [3.8, 4) is 0 Å². The lowest BCUT2D eigenvalue weighted by Gasteiger charge is -2.14. The first-order chi connectivity index (χ1) is 9.51. The third-order valence-corrected chi connectivity index (χ3v) is 4.94. The Balaban J connectivity index is 2.05. The molecule has 1 aliphatic rings. The van der Waals surface area contributed by atoms with E-state index in [9.17, 15) is 13.2 Å². The lowest BCUT2D eigenvalue weighted by molar-refractivity contribution is 0.0865. The number of sulfonamides is 1. The molecule has 3 rings (SSSR count). The Hall–Kier alpha value is -1.99. The summed E-state index contributed by atoms with van der Waals surface area (Å²) in [6, 6.07) is 6.20. The monoisotopic (exact) mass is 309 g/mol. The first kappa shape index (κ1) is 13.0. The van der Waals surface area contributed by atoms with Gasteiger partial charge in [-0.15, -0.1) is 0 Å². The van der Waals surface area contributed by atoms with Gasteiger partial charge in [0.25, 0.3) is 15.9 Å². The number of carbonyl (C=O) groups excluding carboxylic acids is 1. The minimum Gasteiger partial charge on any atom is -0.268 e. The van der Waals surface area contributed by atoms with Gasteiger partial charge in [0.15, 0.2) is 5.03 Å². The molecule has 0 aromatic carbocycles. The molecule has 6 nitrogen and oxygen atoms in total. The number of hydrogen-bond donors (Lipinski definition) is 0. The summed E-state index contributed by atoms with van der Waals surface area (Å²) in [4.78, 5) is 19.8. The van der Waals surface area contributed by atoms with Crippen molar-refractivity contribution in [1.82, 2.24) is 14.3 Å². The van der Waals surface area contributed by atoms with Crippen LogP contribution >= 0.6 is 11.6 Å². The maximum atomic E-state index is 12.3. The van der Waals surface area contributed by atoms with E-state index in [0.717, 1.165) is 4.31 Å². The van der Waals surface area contributed by atoms with Gasteiger partial charge in [-0.05, 0) is 18.2 Å². The largest absolute Gasteiger partial charge is 0.285 e. The van der Waals surface area contributed by atoms with Gasteiger partial charge in [-0.25, -0.2) is 14.3 Å². The number of nitrogens with zero attached hydrogens (tertiary/aromatic N) is 3. The second kappa shape index (κ2) is 4.53. The predicted molar refractivity (Wildman–Crippen MR) is 70.5 cm³/mol. The number of amides is 1. The fourth-order valence-electron chi connectivity index (χ4n) is 1.96. The second-order valence-electron chi connectivity index (χ2n) is 4.13. The molecule has 102 valence electrons. The highest BCUT2D eigenvalue weighted by Gasteiger charge is 2.42. The van der Waals surface area contributed by atoms with Gasteiger partial charge in [0.2, 0.25) is 0 Å². The lowest BCUT2D eigenvalue weighted by Crippen LogP contribution is -2.29. The molecule has 20 heavy (non-hydrogen) atoms. The van der Waals surface area contributed by atoms with Gasteiger partial charge < -0.3 is 0 Å². The molecular formula is C12H8ClN3O3S. The Morgan fingerprint density at radius 3 is 2.55 bits per heavy atom. The summed E-state index contributed by atoms with van der Waals surface area (Å²) < 4.78 is 25.3. The Morgan fingerprint density at radius 1 is 1.15 bits per heavy atom. The zero-order valence-corrected chi connectivity index (χ0v) is 11.6. The third-order valence-electron chi connectivity index (χ3n) is 2.91. The van der Waals surface area contributed by atoms with Gasteiger partial charge in [-0.1, -0.05) is 17.7 Å². The molecular weight excluding hydrogens is 302 g/mol. The van der Waals surface area contributed by atoms with Crippen molar-refractivity contribution in [1.29, 1.82) is 0 Å². The van der Waals surface area contributed by atoms with Crippen LogP contribution in [0.4, 0.5) is 0 Å². The standard InChI is InChI=1S/C12H8ClN3O3S/c13-10-8(3-1-5-14-10)7-16-12(17)9-4-2-6-15-11(9)20(16,18)19/h1-6H,7H2. The minimum atomic E-state index is -3.92. The average Bonchev–Trinajstić information content (AvgIpc) is 2.63. The van der Waals surface area contributed by atoms with Crippen LogP contribution < -0.4 is 0 Å². The van der Waals surface area contributed by atoms with Crippen LogP contribution in [0, 0.1) is 0 Å². The SMILES string of the molecule is O=C1c2cccnc2S(=O)(=O)N1Cc1cccnc1Cl. The molecule has 1 amide bonds. The zero-order valence-electron chi connectivity index (χ0n) is 10.0. The van der Waals surface area contributed by atoms with Crippen molar-refractivity contribution in [3.05, 3.63) is 52.9 Å². The number of halogens is 1. The van der Waals surface area contributed by atoms with Gasteiger partial charge in [-0.3, -0.25) is 4.79 Å². The lowest BCUT2D eigenvalue weighted by atomic mass is 10.2. The van der Waals surface area contributed by atoms with E-state index < -0.39 is 15.9 Å². The molecule has 0 unspecified atom stereocenters. The van der Waals surface area contributed by atoms with E-state index in [1.165, 1.54) is 24.5 Å². The summed E-state index contributed by atoms with van der Waals surface area (Å²) in [6.45, 7) is -0.163. The van der Waals surface area contributed by atoms with Crippen LogP contribution in [0.2, 0.25) is 5.15 Å². The Morgan fingerprint density at radius 2 is 1.85 bits per heavy atom. The van der Waals surface area contributed by atoms with Crippen LogP contribution in [-0.2, 0) is 16.6 Å². The predicted octanol–water partition coefficient (Wildman–Crippen LogP) is 1.47. The van der Waals surface area contributed by atoms with E-state index in [-0.39, 0.29) is 22.3 Å². The highest BCUT2D eigenvalue weighted by atomic mass is 35.5. The van der Waals surface area contributed by atoms with Crippen LogP contribution in [-0.4, -0.2) is 28.6 Å². The molecule has 0 spiro atoms. The zero-order chi connectivity index (χ0) is 14.3. The number of pyridine rings is 2.